The summed E-state index contributed by atoms with van der Waals surface area (Å²) in [4.78, 5) is 8.82. The molecular formula is C105H138ClN25O4. The highest BCUT2D eigenvalue weighted by Gasteiger charge is 2.45. The molecule has 0 spiro atoms. The third-order valence-electron chi connectivity index (χ3n) is 25.6. The smallest absolute Gasteiger partial charge is 0.233 e. The van der Waals surface area contributed by atoms with Gasteiger partial charge in [-0.1, -0.05) is 29.8 Å². The van der Waals surface area contributed by atoms with Crippen molar-refractivity contribution < 1.29 is 18.9 Å². The molecule has 3 aromatic carbocycles. The number of hydrogen-bond donors (Lipinski definition) is 5. The lowest BCUT2D eigenvalue weighted by atomic mass is 9.79. The number of piperidine rings is 5. The summed E-state index contributed by atoms with van der Waals surface area (Å²) in [6, 6.07) is 48.5. The van der Waals surface area contributed by atoms with Gasteiger partial charge in [0.25, 0.3) is 0 Å². The summed E-state index contributed by atoms with van der Waals surface area (Å²) in [6.45, 7) is 46.7. The summed E-state index contributed by atoms with van der Waals surface area (Å²) < 4.78 is 31.3. The van der Waals surface area contributed by atoms with Gasteiger partial charge >= 0.3 is 0 Å². The summed E-state index contributed by atoms with van der Waals surface area (Å²) in [6.07, 6.45) is 22.0. The Morgan fingerprint density at radius 2 is 0.763 bits per heavy atom. The minimum absolute atomic E-state index is 0.0243. The minimum Gasteiger partial charge on any atom is -0.496 e. The van der Waals surface area contributed by atoms with Crippen molar-refractivity contribution in [3.63, 3.8) is 0 Å². The normalized spacial score (nSPS) is 19.2. The Balaban J connectivity index is 0.000000129. The van der Waals surface area contributed by atoms with Crippen molar-refractivity contribution >= 4 is 56.2 Å². The topological polar surface area (TPSA) is 303 Å². The highest BCUT2D eigenvalue weighted by molar-refractivity contribution is 6.30. The number of aryl methyl sites for hydroxylation is 3. The molecule has 29 nitrogen and oxygen atoms in total. The molecule has 0 amide bonds. The first-order valence-electron chi connectivity index (χ1n) is 47.1. The molecule has 0 radical (unpaired) electrons. The molecule has 0 saturated carbocycles. The molecule has 5 saturated heterocycles. The van der Waals surface area contributed by atoms with Crippen molar-refractivity contribution in [1.82, 2.24) is 116 Å². The summed E-state index contributed by atoms with van der Waals surface area (Å²) in [5, 5.41) is 78.8. The molecule has 714 valence electrons. The predicted molar refractivity (Wildman–Crippen MR) is 540 cm³/mol. The van der Waals surface area contributed by atoms with Crippen molar-refractivity contribution in [1.29, 1.82) is 0 Å². The van der Waals surface area contributed by atoms with E-state index in [0.717, 1.165) is 171 Å². The first-order chi connectivity index (χ1) is 63.4. The van der Waals surface area contributed by atoms with Crippen molar-refractivity contribution in [3.05, 3.63) is 193 Å². The third kappa shape index (κ3) is 25.1. The fraction of sp³-hybridized carbons (Fsp3) is 0.486. The lowest BCUT2D eigenvalue weighted by Gasteiger charge is -2.49. The standard InChI is InChI=1S/2C22H30N6.C21H27N5O.C20H26ClN3O2.C20H25N5O/c1-21(2)12-17(13-22(3,4)26-21)28(6)20-10-9-18(23-24-20)15-7-8-19-16(11-15)14-27(5)25-19;1-15-20(18-9-7-8-12-28(18)25-15)17-10-11-19(24-23-17)27(6)16-13-21(2,3)26-22(4,5)14-16;1-20(2)11-16(12-21(3,4)25-20)27-19-9-8-17(22-23-19)14-6-7-18-15(10-14)13-26(5)24-18;1-19(2)11-14(12-20(3,4)24-19)26-18-9-8-16(22-23-18)15-7-6-13(21)10-17(15)25-5;1-19(2)11-15(12-20(3,4)24-19)26-18-8-6-16(22-23-18)14-5-7-17-21-9-10-25(17)13-14/h7-11,14,17,26H,12-13H2,1-6H3;7-12,16,26H,13-14H2,1-6H3;6-10,13,16,25H,11-12H2,1-5H3;6-10,14,24H,11-12H2,1-5H3;5-10,13,15,24H,11-12H2,1-4H3. The van der Waals surface area contributed by atoms with E-state index < -0.39 is 0 Å². The fourth-order valence-corrected chi connectivity index (χ4v) is 22.0. The van der Waals surface area contributed by atoms with Gasteiger partial charge in [-0.3, -0.25) is 9.36 Å². The van der Waals surface area contributed by atoms with E-state index >= 15 is 0 Å². The van der Waals surface area contributed by atoms with E-state index in [1.165, 1.54) is 0 Å². The van der Waals surface area contributed by atoms with E-state index in [-0.39, 0.29) is 73.7 Å². The van der Waals surface area contributed by atoms with Gasteiger partial charge in [0, 0.05) is 228 Å². The number of fused-ring (bicyclic) bond motifs is 4. The molecule has 16 heterocycles. The van der Waals surface area contributed by atoms with Crippen LogP contribution in [0.5, 0.6) is 23.4 Å². The van der Waals surface area contributed by atoms with Crippen LogP contribution in [-0.2, 0) is 14.1 Å². The van der Waals surface area contributed by atoms with Crippen LogP contribution < -0.4 is 55.3 Å². The molecule has 0 aliphatic carbocycles. The lowest BCUT2D eigenvalue weighted by molar-refractivity contribution is 0.0518. The first-order valence-corrected chi connectivity index (χ1v) is 47.5. The Kier molecular flexibility index (Phi) is 27.9. The molecule has 30 heteroatoms. The highest BCUT2D eigenvalue weighted by Crippen LogP contribution is 2.41. The van der Waals surface area contributed by atoms with Crippen LogP contribution in [0.3, 0.4) is 0 Å². The van der Waals surface area contributed by atoms with Gasteiger partial charge in [0.05, 0.1) is 63.4 Å². The average Bonchev–Trinajstić information content (AvgIpc) is 1.73. The molecule has 14 aromatic rings. The molecule has 0 bridgehead atoms. The van der Waals surface area contributed by atoms with E-state index in [1.807, 2.05) is 161 Å². The molecule has 11 aromatic heterocycles. The van der Waals surface area contributed by atoms with Crippen molar-refractivity contribution in [2.24, 2.45) is 14.1 Å². The molecular weight excluding hydrogens is 1710 g/mol. The van der Waals surface area contributed by atoms with Crippen LogP contribution in [-0.4, -0.2) is 197 Å². The second kappa shape index (κ2) is 38.4. The minimum atomic E-state index is 0.0243. The molecule has 5 aliphatic heterocycles. The summed E-state index contributed by atoms with van der Waals surface area (Å²) in [5.74, 6) is 4.21. The number of hydrogen-bond acceptors (Lipinski definition) is 25. The number of aromatic nitrogens is 18. The number of benzene rings is 3. The Morgan fingerprint density at radius 3 is 1.16 bits per heavy atom. The number of methoxy groups -OCH3 is 1. The number of imidazole rings is 1. The van der Waals surface area contributed by atoms with E-state index in [4.69, 9.17) is 30.5 Å². The number of rotatable bonds is 16. The van der Waals surface area contributed by atoms with Crippen LogP contribution in [0.15, 0.2) is 183 Å². The average molecular weight is 1850 g/mol. The molecule has 5 fully saturated rings. The van der Waals surface area contributed by atoms with Crippen LogP contribution >= 0.6 is 11.6 Å². The Labute approximate surface area is 800 Å². The molecule has 0 unspecified atom stereocenters. The number of nitrogens with zero attached hydrogens (tertiary/aromatic N) is 20. The van der Waals surface area contributed by atoms with Gasteiger partial charge in [-0.05, 0) is 280 Å². The molecule has 5 N–H and O–H groups in total. The second-order valence-corrected chi connectivity index (χ2v) is 44.6. The number of halogens is 1. The molecule has 135 heavy (non-hydrogen) atoms. The highest BCUT2D eigenvalue weighted by atomic mass is 35.5. The zero-order valence-electron chi connectivity index (χ0n) is 83.7. The summed E-state index contributed by atoms with van der Waals surface area (Å²) in [7, 11) is 9.74. The summed E-state index contributed by atoms with van der Waals surface area (Å²) in [5.41, 5.74) is 14.6. The van der Waals surface area contributed by atoms with Crippen molar-refractivity contribution in [2.45, 2.75) is 295 Å². The van der Waals surface area contributed by atoms with Gasteiger partial charge in [0.2, 0.25) is 17.6 Å². The number of anilines is 2. The van der Waals surface area contributed by atoms with Gasteiger partial charge in [-0.25, -0.2) is 9.50 Å². The van der Waals surface area contributed by atoms with Gasteiger partial charge in [-0.15, -0.1) is 51.0 Å². The van der Waals surface area contributed by atoms with Gasteiger partial charge in [0.1, 0.15) is 29.7 Å². The van der Waals surface area contributed by atoms with Crippen LogP contribution in [0.4, 0.5) is 11.6 Å². The second-order valence-electron chi connectivity index (χ2n) is 44.2. The van der Waals surface area contributed by atoms with Crippen molar-refractivity contribution in [3.8, 4) is 79.7 Å². The predicted octanol–water partition coefficient (Wildman–Crippen LogP) is 19.3. The Morgan fingerprint density at radius 1 is 0.378 bits per heavy atom. The van der Waals surface area contributed by atoms with Gasteiger partial charge in [-0.2, -0.15) is 15.3 Å². The largest absolute Gasteiger partial charge is 0.496 e. The van der Waals surface area contributed by atoms with Crippen LogP contribution in [0.25, 0.3) is 89.3 Å². The Bertz CT molecular complexity index is 6340. The SMILES string of the molecule is CC1(C)CC(Oc2ccc(-c3ccc4nccn4c3)nn2)CC(C)(C)N1.CN(c1ccc(-c2ccc3nn(C)cc3c2)nn1)C1CC(C)(C)NC(C)(C)C1.COc1cc(Cl)ccc1-c1ccc(OC2CC(C)(C)NC(C)(C)C2)nn1.Cc1nn2ccccc2c1-c1ccc(N(C)C2CC(C)(C)NC(C)(C)C2)nn1.Cn1cc2cc(-c3ccc(OC4CC(C)(C)NC(C)(C)C4)nn3)ccc2n1. The number of pyridine rings is 2. The van der Waals surface area contributed by atoms with Crippen LogP contribution in [0.2, 0.25) is 5.02 Å². The van der Waals surface area contributed by atoms with E-state index in [1.54, 1.807) is 19.4 Å². The summed E-state index contributed by atoms with van der Waals surface area (Å²) >= 11 is 6.02. The van der Waals surface area contributed by atoms with E-state index in [9.17, 15) is 0 Å². The number of nitrogens with one attached hydrogen (secondary N) is 5. The maximum atomic E-state index is 6.16. The first kappa shape index (κ1) is 97.8. The lowest BCUT2D eigenvalue weighted by Crippen LogP contribution is -2.62. The fourth-order valence-electron chi connectivity index (χ4n) is 21.8. The number of ether oxygens (including phenoxy) is 4. The maximum absolute atomic E-state index is 6.16. The van der Waals surface area contributed by atoms with Crippen LogP contribution in [0, 0.1) is 6.92 Å². The molecule has 0 atom stereocenters. The van der Waals surface area contributed by atoms with E-state index in [2.05, 4.69) is 309 Å². The van der Waals surface area contributed by atoms with Crippen molar-refractivity contribution in [2.75, 3.05) is 31.0 Å². The monoisotopic (exact) mass is 1850 g/mol. The van der Waals surface area contributed by atoms with E-state index in [0.29, 0.717) is 40.5 Å². The molecule has 19 rings (SSSR count). The Hall–Kier alpha value is -11.7. The zero-order valence-corrected chi connectivity index (χ0v) is 84.5. The quantitative estimate of drug-likeness (QED) is 0.0600. The van der Waals surface area contributed by atoms with Gasteiger partial charge < -0.3 is 59.7 Å². The maximum Gasteiger partial charge on any atom is 0.233 e. The third-order valence-corrected chi connectivity index (χ3v) is 25.9. The van der Waals surface area contributed by atoms with Gasteiger partial charge in [0.15, 0.2) is 11.6 Å². The zero-order chi connectivity index (χ0) is 96.8. The van der Waals surface area contributed by atoms with Crippen LogP contribution in [0.1, 0.15) is 208 Å². The molecule has 5 aliphatic rings.